The third-order valence-corrected chi connectivity index (χ3v) is 2.56. The van der Waals surface area contributed by atoms with Crippen molar-refractivity contribution in [1.82, 2.24) is 15.5 Å². The van der Waals surface area contributed by atoms with Gasteiger partial charge in [0.05, 0.1) is 12.6 Å². The standard InChI is InChI=1S/C11H21N3O3/c1-8(2)7-17-11(16)13-9-4-5-14(6-9)10(15)12-3/h8-9H,4-7H2,1-3H3,(H,12,15)(H,13,16)/t9-/m1/s1. The maximum Gasteiger partial charge on any atom is 0.407 e. The Bertz CT molecular complexity index is 281. The zero-order chi connectivity index (χ0) is 12.8. The van der Waals surface area contributed by atoms with Gasteiger partial charge in [0.25, 0.3) is 0 Å². The average molecular weight is 243 g/mol. The normalized spacial score (nSPS) is 19.3. The van der Waals surface area contributed by atoms with Gasteiger partial charge in [0.15, 0.2) is 0 Å². The highest BCUT2D eigenvalue weighted by Crippen LogP contribution is 2.09. The van der Waals surface area contributed by atoms with Gasteiger partial charge in [0.1, 0.15) is 0 Å². The van der Waals surface area contributed by atoms with Gasteiger partial charge in [0, 0.05) is 20.1 Å². The number of amides is 3. The molecule has 17 heavy (non-hydrogen) atoms. The van der Waals surface area contributed by atoms with Gasteiger partial charge in [-0.1, -0.05) is 13.8 Å². The highest BCUT2D eigenvalue weighted by atomic mass is 16.5. The van der Waals surface area contributed by atoms with Crippen molar-refractivity contribution in [3.8, 4) is 0 Å². The molecule has 1 aliphatic rings. The van der Waals surface area contributed by atoms with E-state index in [1.807, 2.05) is 13.8 Å². The van der Waals surface area contributed by atoms with Crippen LogP contribution in [-0.4, -0.2) is 49.8 Å². The molecule has 0 aliphatic carbocycles. The van der Waals surface area contributed by atoms with Crippen molar-refractivity contribution in [2.75, 3.05) is 26.7 Å². The first-order valence-electron chi connectivity index (χ1n) is 5.93. The van der Waals surface area contributed by atoms with E-state index in [0.29, 0.717) is 25.6 Å². The average Bonchev–Trinajstić information content (AvgIpc) is 2.73. The molecule has 0 bridgehead atoms. The fraction of sp³-hybridized carbons (Fsp3) is 0.818. The second kappa shape index (κ2) is 6.32. The Morgan fingerprint density at radius 1 is 1.47 bits per heavy atom. The van der Waals surface area contributed by atoms with Crippen molar-refractivity contribution in [3.05, 3.63) is 0 Å². The Balaban J connectivity index is 2.25. The van der Waals surface area contributed by atoms with E-state index in [2.05, 4.69) is 10.6 Å². The molecule has 6 nitrogen and oxygen atoms in total. The van der Waals surface area contributed by atoms with Gasteiger partial charge in [0.2, 0.25) is 0 Å². The van der Waals surface area contributed by atoms with Gasteiger partial charge < -0.3 is 20.3 Å². The number of carbonyl (C=O) groups excluding carboxylic acids is 2. The summed E-state index contributed by atoms with van der Waals surface area (Å²) in [6, 6.07) is -0.114. The molecule has 0 aromatic rings. The van der Waals surface area contributed by atoms with Crippen LogP contribution in [0.1, 0.15) is 20.3 Å². The first-order chi connectivity index (χ1) is 8.02. The van der Waals surface area contributed by atoms with E-state index in [9.17, 15) is 9.59 Å². The summed E-state index contributed by atoms with van der Waals surface area (Å²) >= 11 is 0. The number of hydrogen-bond donors (Lipinski definition) is 2. The number of nitrogens with zero attached hydrogens (tertiary/aromatic N) is 1. The summed E-state index contributed by atoms with van der Waals surface area (Å²) in [6.45, 7) is 5.58. The van der Waals surface area contributed by atoms with Crippen molar-refractivity contribution >= 4 is 12.1 Å². The summed E-state index contributed by atoms with van der Waals surface area (Å²) in [5.41, 5.74) is 0. The largest absolute Gasteiger partial charge is 0.449 e. The maximum atomic E-state index is 11.4. The molecule has 0 spiro atoms. The van der Waals surface area contributed by atoms with E-state index in [-0.39, 0.29) is 12.1 Å². The number of nitrogens with one attached hydrogen (secondary N) is 2. The molecule has 0 saturated carbocycles. The molecule has 1 fully saturated rings. The number of urea groups is 1. The highest BCUT2D eigenvalue weighted by Gasteiger charge is 2.26. The summed E-state index contributed by atoms with van der Waals surface area (Å²) in [5.74, 6) is 0.326. The van der Waals surface area contributed by atoms with E-state index in [0.717, 1.165) is 6.42 Å². The maximum absolute atomic E-state index is 11.4. The summed E-state index contributed by atoms with van der Waals surface area (Å²) in [5, 5.41) is 5.32. The minimum Gasteiger partial charge on any atom is -0.449 e. The highest BCUT2D eigenvalue weighted by molar-refractivity contribution is 5.74. The third kappa shape index (κ3) is 4.50. The fourth-order valence-corrected chi connectivity index (χ4v) is 1.67. The van der Waals surface area contributed by atoms with Crippen LogP contribution in [0.2, 0.25) is 0 Å². The van der Waals surface area contributed by atoms with Gasteiger partial charge in [-0.15, -0.1) is 0 Å². The van der Waals surface area contributed by atoms with Crippen molar-refractivity contribution in [3.63, 3.8) is 0 Å². The molecule has 1 heterocycles. The number of hydrogen-bond acceptors (Lipinski definition) is 3. The van der Waals surface area contributed by atoms with Crippen LogP contribution in [0.3, 0.4) is 0 Å². The number of likely N-dealkylation sites (tertiary alicyclic amines) is 1. The summed E-state index contributed by atoms with van der Waals surface area (Å²) in [7, 11) is 1.60. The Morgan fingerprint density at radius 2 is 2.18 bits per heavy atom. The minimum absolute atomic E-state index is 0.00744. The molecule has 2 N–H and O–H groups in total. The molecule has 0 aromatic carbocycles. The Hall–Kier alpha value is -1.46. The van der Waals surface area contributed by atoms with Crippen molar-refractivity contribution in [1.29, 1.82) is 0 Å². The van der Waals surface area contributed by atoms with Crippen LogP contribution in [0.5, 0.6) is 0 Å². The predicted octanol–water partition coefficient (Wildman–Crippen LogP) is 0.782. The molecule has 0 unspecified atom stereocenters. The molecule has 98 valence electrons. The third-order valence-electron chi connectivity index (χ3n) is 2.56. The van der Waals surface area contributed by atoms with E-state index >= 15 is 0 Å². The lowest BCUT2D eigenvalue weighted by Crippen LogP contribution is -2.41. The molecular weight excluding hydrogens is 222 g/mol. The van der Waals surface area contributed by atoms with Gasteiger partial charge >= 0.3 is 12.1 Å². The molecule has 0 radical (unpaired) electrons. The SMILES string of the molecule is CNC(=O)N1CC[C@@H](NC(=O)OCC(C)C)C1. The number of alkyl carbamates (subject to hydrolysis) is 1. The van der Waals surface area contributed by atoms with Crippen molar-refractivity contribution < 1.29 is 14.3 Å². The van der Waals surface area contributed by atoms with Crippen LogP contribution < -0.4 is 10.6 Å². The Kier molecular flexibility index (Phi) is 5.06. The van der Waals surface area contributed by atoms with Crippen LogP contribution in [0, 0.1) is 5.92 Å². The predicted molar refractivity (Wildman–Crippen MR) is 63.8 cm³/mol. The summed E-state index contributed by atoms with van der Waals surface area (Å²) < 4.78 is 5.02. The van der Waals surface area contributed by atoms with Crippen molar-refractivity contribution in [2.24, 2.45) is 5.92 Å². The zero-order valence-electron chi connectivity index (χ0n) is 10.7. The quantitative estimate of drug-likeness (QED) is 0.769. The lowest BCUT2D eigenvalue weighted by molar-refractivity contribution is 0.129. The van der Waals surface area contributed by atoms with Gasteiger partial charge in [-0.2, -0.15) is 0 Å². The van der Waals surface area contributed by atoms with Crippen molar-refractivity contribution in [2.45, 2.75) is 26.3 Å². The van der Waals surface area contributed by atoms with Crippen LogP contribution in [0.4, 0.5) is 9.59 Å². The number of ether oxygens (including phenoxy) is 1. The zero-order valence-corrected chi connectivity index (χ0v) is 10.7. The van der Waals surface area contributed by atoms with Gasteiger partial charge in [-0.3, -0.25) is 0 Å². The smallest absolute Gasteiger partial charge is 0.407 e. The second-order valence-electron chi connectivity index (χ2n) is 4.62. The fourth-order valence-electron chi connectivity index (χ4n) is 1.67. The van der Waals surface area contributed by atoms with Crippen LogP contribution in [-0.2, 0) is 4.74 Å². The number of carbonyl (C=O) groups is 2. The van der Waals surface area contributed by atoms with E-state index in [4.69, 9.17) is 4.74 Å². The summed E-state index contributed by atoms with van der Waals surface area (Å²) in [6.07, 6.45) is 0.368. The second-order valence-corrected chi connectivity index (χ2v) is 4.62. The molecule has 1 rings (SSSR count). The van der Waals surface area contributed by atoms with Gasteiger partial charge in [-0.05, 0) is 12.3 Å². The van der Waals surface area contributed by atoms with Crippen LogP contribution in [0.15, 0.2) is 0 Å². The summed E-state index contributed by atoms with van der Waals surface area (Å²) in [4.78, 5) is 24.4. The Labute approximate surface area is 102 Å². The molecule has 6 heteroatoms. The van der Waals surface area contributed by atoms with E-state index in [1.165, 1.54) is 0 Å². The lowest BCUT2D eigenvalue weighted by atomic mass is 10.2. The monoisotopic (exact) mass is 243 g/mol. The molecule has 0 aromatic heterocycles. The first kappa shape index (κ1) is 13.6. The van der Waals surface area contributed by atoms with E-state index < -0.39 is 6.09 Å². The van der Waals surface area contributed by atoms with Crippen LogP contribution >= 0.6 is 0 Å². The minimum atomic E-state index is -0.401. The number of rotatable bonds is 3. The Morgan fingerprint density at radius 3 is 2.76 bits per heavy atom. The topological polar surface area (TPSA) is 70.7 Å². The first-order valence-corrected chi connectivity index (χ1v) is 5.93. The molecule has 1 atom stereocenters. The lowest BCUT2D eigenvalue weighted by Gasteiger charge is -2.16. The molecule has 3 amide bonds. The molecule has 1 aliphatic heterocycles. The van der Waals surface area contributed by atoms with Crippen LogP contribution in [0.25, 0.3) is 0 Å². The van der Waals surface area contributed by atoms with E-state index in [1.54, 1.807) is 11.9 Å². The molecular formula is C11H21N3O3. The van der Waals surface area contributed by atoms with Gasteiger partial charge in [-0.25, -0.2) is 9.59 Å². The molecule has 1 saturated heterocycles.